The molecule has 2 rings (SSSR count). The highest BCUT2D eigenvalue weighted by atomic mass is 15.1. The van der Waals surface area contributed by atoms with Crippen LogP contribution in [0.5, 0.6) is 0 Å². The predicted octanol–water partition coefficient (Wildman–Crippen LogP) is 1.51. The molecule has 0 saturated heterocycles. The SMILES string of the molecule is NC(=NCCn1ccnc1)NC1CCCCCC1. The average molecular weight is 249 g/mol. The number of nitrogens with zero attached hydrogens (tertiary/aromatic N) is 3. The molecule has 1 aliphatic carbocycles. The number of imidazole rings is 1. The van der Waals surface area contributed by atoms with Crippen molar-refractivity contribution >= 4 is 5.96 Å². The van der Waals surface area contributed by atoms with Crippen LogP contribution in [0.25, 0.3) is 0 Å². The lowest BCUT2D eigenvalue weighted by Crippen LogP contribution is -2.40. The summed E-state index contributed by atoms with van der Waals surface area (Å²) in [4.78, 5) is 8.35. The molecule has 0 spiro atoms. The van der Waals surface area contributed by atoms with Crippen molar-refractivity contribution in [2.24, 2.45) is 10.7 Å². The molecule has 5 heteroatoms. The number of nitrogens with one attached hydrogen (secondary N) is 1. The molecule has 3 N–H and O–H groups in total. The van der Waals surface area contributed by atoms with Crippen LogP contribution in [0, 0.1) is 0 Å². The second-order valence-corrected chi connectivity index (χ2v) is 4.90. The van der Waals surface area contributed by atoms with Crippen LogP contribution >= 0.6 is 0 Å². The van der Waals surface area contributed by atoms with Gasteiger partial charge in [0.25, 0.3) is 0 Å². The van der Waals surface area contributed by atoms with Crippen LogP contribution in [0.3, 0.4) is 0 Å². The maximum absolute atomic E-state index is 5.91. The normalized spacial score (nSPS) is 18.6. The number of rotatable bonds is 4. The Balaban J connectivity index is 1.70. The maximum Gasteiger partial charge on any atom is 0.188 e. The number of hydrogen-bond acceptors (Lipinski definition) is 2. The minimum Gasteiger partial charge on any atom is -0.370 e. The topological polar surface area (TPSA) is 68.2 Å². The van der Waals surface area contributed by atoms with E-state index < -0.39 is 0 Å². The molecular weight excluding hydrogens is 226 g/mol. The first kappa shape index (κ1) is 12.9. The Morgan fingerprint density at radius 2 is 2.11 bits per heavy atom. The summed E-state index contributed by atoms with van der Waals surface area (Å²) in [6, 6.07) is 0.518. The Bertz CT molecular complexity index is 349. The van der Waals surface area contributed by atoms with Gasteiger partial charge in [0.2, 0.25) is 0 Å². The van der Waals surface area contributed by atoms with Crippen LogP contribution < -0.4 is 11.1 Å². The Morgan fingerprint density at radius 3 is 2.78 bits per heavy atom. The third kappa shape index (κ3) is 4.39. The van der Waals surface area contributed by atoms with Gasteiger partial charge in [-0.15, -0.1) is 0 Å². The highest BCUT2D eigenvalue weighted by Crippen LogP contribution is 2.16. The number of aliphatic imine (C=N–C) groups is 1. The molecule has 1 saturated carbocycles. The van der Waals surface area contributed by atoms with E-state index in [1.165, 1.54) is 38.5 Å². The van der Waals surface area contributed by atoms with E-state index in [-0.39, 0.29) is 0 Å². The van der Waals surface area contributed by atoms with Crippen molar-refractivity contribution < 1.29 is 0 Å². The van der Waals surface area contributed by atoms with E-state index in [2.05, 4.69) is 15.3 Å². The van der Waals surface area contributed by atoms with Crippen molar-refractivity contribution in [1.82, 2.24) is 14.9 Å². The fraction of sp³-hybridized carbons (Fsp3) is 0.692. The summed E-state index contributed by atoms with van der Waals surface area (Å²) in [6.07, 6.45) is 13.3. The number of hydrogen-bond donors (Lipinski definition) is 2. The van der Waals surface area contributed by atoms with Gasteiger partial charge in [0.05, 0.1) is 12.9 Å². The van der Waals surface area contributed by atoms with Gasteiger partial charge in [-0.1, -0.05) is 25.7 Å². The van der Waals surface area contributed by atoms with E-state index in [0.717, 1.165) is 6.54 Å². The first-order valence-electron chi connectivity index (χ1n) is 6.87. The molecule has 1 aromatic heterocycles. The summed E-state index contributed by atoms with van der Waals surface area (Å²) in [7, 11) is 0. The van der Waals surface area contributed by atoms with E-state index >= 15 is 0 Å². The molecule has 1 heterocycles. The monoisotopic (exact) mass is 249 g/mol. The quantitative estimate of drug-likeness (QED) is 0.483. The van der Waals surface area contributed by atoms with Gasteiger partial charge in [-0.25, -0.2) is 4.98 Å². The zero-order valence-electron chi connectivity index (χ0n) is 10.9. The smallest absolute Gasteiger partial charge is 0.188 e. The standard InChI is InChI=1S/C13H23N5/c14-13(16-8-10-18-9-7-15-11-18)17-12-5-3-1-2-4-6-12/h7,9,11-12H,1-6,8,10H2,(H3,14,16,17). The lowest BCUT2D eigenvalue weighted by atomic mass is 10.1. The summed E-state index contributed by atoms with van der Waals surface area (Å²) in [5, 5.41) is 3.34. The number of guanidine groups is 1. The van der Waals surface area contributed by atoms with Gasteiger partial charge in [0, 0.05) is 25.0 Å². The third-order valence-corrected chi connectivity index (χ3v) is 3.41. The summed E-state index contributed by atoms with van der Waals surface area (Å²) >= 11 is 0. The molecule has 0 aliphatic heterocycles. The molecule has 0 atom stereocenters. The third-order valence-electron chi connectivity index (χ3n) is 3.41. The van der Waals surface area contributed by atoms with Crippen molar-refractivity contribution in [3.05, 3.63) is 18.7 Å². The Kier molecular flexibility index (Phi) is 5.05. The summed E-state index contributed by atoms with van der Waals surface area (Å²) in [5.41, 5.74) is 5.91. The zero-order chi connectivity index (χ0) is 12.6. The van der Waals surface area contributed by atoms with Gasteiger partial charge in [-0.05, 0) is 12.8 Å². The molecule has 0 aromatic carbocycles. The molecule has 18 heavy (non-hydrogen) atoms. The second-order valence-electron chi connectivity index (χ2n) is 4.90. The van der Waals surface area contributed by atoms with E-state index in [4.69, 9.17) is 5.73 Å². The molecule has 100 valence electrons. The van der Waals surface area contributed by atoms with Crippen molar-refractivity contribution in [2.45, 2.75) is 51.1 Å². The van der Waals surface area contributed by atoms with Crippen molar-refractivity contribution in [2.75, 3.05) is 6.54 Å². The first-order valence-corrected chi connectivity index (χ1v) is 6.87. The van der Waals surface area contributed by atoms with Crippen LogP contribution in [0.4, 0.5) is 0 Å². The molecule has 5 nitrogen and oxygen atoms in total. The van der Waals surface area contributed by atoms with E-state index in [1.807, 2.05) is 10.8 Å². The summed E-state index contributed by atoms with van der Waals surface area (Å²) in [6.45, 7) is 1.52. The number of aromatic nitrogens is 2. The van der Waals surface area contributed by atoms with Crippen molar-refractivity contribution in [3.63, 3.8) is 0 Å². The molecule has 0 bridgehead atoms. The predicted molar refractivity (Wildman–Crippen MR) is 73.3 cm³/mol. The molecular formula is C13H23N5. The van der Waals surface area contributed by atoms with E-state index in [1.54, 1.807) is 12.5 Å². The molecule has 1 fully saturated rings. The van der Waals surface area contributed by atoms with Crippen LogP contribution in [0.1, 0.15) is 38.5 Å². The van der Waals surface area contributed by atoms with E-state index in [0.29, 0.717) is 18.5 Å². The number of nitrogens with two attached hydrogens (primary N) is 1. The van der Waals surface area contributed by atoms with Gasteiger partial charge >= 0.3 is 0 Å². The molecule has 0 radical (unpaired) electrons. The molecule has 1 aromatic rings. The highest BCUT2D eigenvalue weighted by molar-refractivity contribution is 5.78. The lowest BCUT2D eigenvalue weighted by molar-refractivity contribution is 0.529. The molecule has 0 unspecified atom stereocenters. The Morgan fingerprint density at radius 1 is 1.33 bits per heavy atom. The van der Waals surface area contributed by atoms with Gasteiger partial charge in [0.1, 0.15) is 0 Å². The Labute approximate surface area is 108 Å². The lowest BCUT2D eigenvalue weighted by Gasteiger charge is -2.16. The highest BCUT2D eigenvalue weighted by Gasteiger charge is 2.11. The molecule has 0 amide bonds. The van der Waals surface area contributed by atoms with Crippen LogP contribution in [0.15, 0.2) is 23.7 Å². The second kappa shape index (κ2) is 7.03. The summed E-state index contributed by atoms with van der Waals surface area (Å²) < 4.78 is 2.00. The minimum atomic E-state index is 0.518. The summed E-state index contributed by atoms with van der Waals surface area (Å²) in [5.74, 6) is 0.585. The fourth-order valence-electron chi connectivity index (χ4n) is 2.38. The van der Waals surface area contributed by atoms with E-state index in [9.17, 15) is 0 Å². The average Bonchev–Trinajstić information content (AvgIpc) is 2.74. The minimum absolute atomic E-state index is 0.518. The maximum atomic E-state index is 5.91. The molecule has 1 aliphatic rings. The Hall–Kier alpha value is -1.52. The van der Waals surface area contributed by atoms with Crippen LogP contribution in [-0.4, -0.2) is 28.1 Å². The van der Waals surface area contributed by atoms with Crippen molar-refractivity contribution in [3.8, 4) is 0 Å². The van der Waals surface area contributed by atoms with Gasteiger partial charge in [-0.2, -0.15) is 0 Å². The van der Waals surface area contributed by atoms with Crippen LogP contribution in [-0.2, 0) is 6.54 Å². The van der Waals surface area contributed by atoms with Crippen LogP contribution in [0.2, 0.25) is 0 Å². The largest absolute Gasteiger partial charge is 0.370 e. The van der Waals surface area contributed by atoms with Gasteiger partial charge < -0.3 is 15.6 Å². The van der Waals surface area contributed by atoms with Crippen molar-refractivity contribution in [1.29, 1.82) is 0 Å². The van der Waals surface area contributed by atoms with Gasteiger partial charge in [0.15, 0.2) is 5.96 Å². The zero-order valence-corrected chi connectivity index (χ0v) is 10.9. The fourth-order valence-corrected chi connectivity index (χ4v) is 2.38. The van der Waals surface area contributed by atoms with Gasteiger partial charge in [-0.3, -0.25) is 4.99 Å². The first-order chi connectivity index (χ1) is 8.84.